The smallest absolute Gasteiger partial charge is 0.238 e. The molecule has 0 aliphatic heterocycles. The van der Waals surface area contributed by atoms with Gasteiger partial charge in [-0.2, -0.15) is 0 Å². The second-order valence-electron chi connectivity index (χ2n) is 2.97. The molecule has 0 saturated carbocycles. The van der Waals surface area contributed by atoms with Crippen LogP contribution in [0.5, 0.6) is 0 Å². The molecule has 2 rings (SSSR count). The van der Waals surface area contributed by atoms with Gasteiger partial charge in [-0.1, -0.05) is 16.8 Å². The van der Waals surface area contributed by atoms with Gasteiger partial charge in [-0.05, 0) is 12.1 Å². The van der Waals surface area contributed by atoms with Crippen LogP contribution in [0.2, 0.25) is 4.34 Å². The maximum Gasteiger partial charge on any atom is 0.238 e. The molecule has 86 valence electrons. The average molecular weight is 298 g/mol. The molecule has 2 aromatic rings. The molecular weight excluding hydrogens is 293 g/mol. The zero-order chi connectivity index (χ0) is 11.8. The standard InChI is InChI=1S/C8H5Cl2NO3S2/c9-8-2-1-7(15-8)6-3-5(11-14-6)4-16(10,12)13/h1-3H,4H2. The molecule has 0 spiro atoms. The first kappa shape index (κ1) is 11.9. The van der Waals surface area contributed by atoms with Crippen LogP contribution in [0.15, 0.2) is 22.7 Å². The van der Waals surface area contributed by atoms with Gasteiger partial charge in [0, 0.05) is 16.7 Å². The molecule has 2 heterocycles. The fourth-order valence-corrected chi connectivity index (χ4v) is 2.94. The van der Waals surface area contributed by atoms with Crippen LogP contribution in [0.3, 0.4) is 0 Å². The van der Waals surface area contributed by atoms with E-state index in [4.69, 9.17) is 26.8 Å². The van der Waals surface area contributed by atoms with E-state index in [-0.39, 0.29) is 11.4 Å². The summed E-state index contributed by atoms with van der Waals surface area (Å²) in [6.45, 7) is 0. The van der Waals surface area contributed by atoms with E-state index in [1.54, 1.807) is 12.1 Å². The van der Waals surface area contributed by atoms with Gasteiger partial charge in [0.25, 0.3) is 0 Å². The van der Waals surface area contributed by atoms with E-state index in [1.807, 2.05) is 0 Å². The van der Waals surface area contributed by atoms with Gasteiger partial charge in [-0.25, -0.2) is 8.42 Å². The van der Waals surface area contributed by atoms with Gasteiger partial charge in [0.15, 0.2) is 5.76 Å². The van der Waals surface area contributed by atoms with E-state index in [0.29, 0.717) is 10.1 Å². The Bertz CT molecular complexity index is 602. The number of hydrogen-bond acceptors (Lipinski definition) is 5. The van der Waals surface area contributed by atoms with Crippen LogP contribution in [-0.4, -0.2) is 13.6 Å². The van der Waals surface area contributed by atoms with Gasteiger partial charge in [0.05, 0.1) is 9.21 Å². The molecule has 8 heteroatoms. The highest BCUT2D eigenvalue weighted by molar-refractivity contribution is 8.13. The number of aromatic nitrogens is 1. The number of thiophene rings is 1. The highest BCUT2D eigenvalue weighted by atomic mass is 35.7. The van der Waals surface area contributed by atoms with Crippen molar-refractivity contribution in [2.45, 2.75) is 5.75 Å². The summed E-state index contributed by atoms with van der Waals surface area (Å²) >= 11 is 7.08. The third-order valence-electron chi connectivity index (χ3n) is 1.70. The molecule has 0 aliphatic carbocycles. The first-order valence-corrected chi connectivity index (χ1v) is 7.75. The summed E-state index contributed by atoms with van der Waals surface area (Å²) in [5.41, 5.74) is 0.273. The molecule has 0 aromatic carbocycles. The van der Waals surface area contributed by atoms with Crippen molar-refractivity contribution >= 4 is 42.7 Å². The minimum Gasteiger partial charge on any atom is -0.355 e. The lowest BCUT2D eigenvalue weighted by molar-refractivity contribution is 0.426. The predicted molar refractivity (Wildman–Crippen MR) is 63.3 cm³/mol. The minimum atomic E-state index is -3.61. The molecule has 0 saturated heterocycles. The molecule has 0 unspecified atom stereocenters. The van der Waals surface area contributed by atoms with E-state index in [1.165, 1.54) is 17.4 Å². The first-order valence-electron chi connectivity index (χ1n) is 4.08. The molecule has 0 radical (unpaired) electrons. The normalized spacial score (nSPS) is 11.9. The summed E-state index contributed by atoms with van der Waals surface area (Å²) in [4.78, 5) is 0.788. The minimum absolute atomic E-state index is 0.273. The molecule has 0 amide bonds. The first-order chi connectivity index (χ1) is 7.44. The van der Waals surface area contributed by atoms with Gasteiger partial charge < -0.3 is 4.52 Å². The van der Waals surface area contributed by atoms with Crippen molar-refractivity contribution in [2.24, 2.45) is 0 Å². The summed E-state index contributed by atoms with van der Waals surface area (Å²) in [5, 5.41) is 3.61. The van der Waals surface area contributed by atoms with E-state index < -0.39 is 9.05 Å². The second-order valence-corrected chi connectivity index (χ2v) is 7.46. The van der Waals surface area contributed by atoms with Crippen LogP contribution in [-0.2, 0) is 14.8 Å². The number of halogens is 2. The van der Waals surface area contributed by atoms with Crippen LogP contribution >= 0.6 is 33.6 Å². The summed E-state index contributed by atoms with van der Waals surface area (Å²) in [7, 11) is 1.49. The van der Waals surface area contributed by atoms with E-state index in [9.17, 15) is 8.42 Å². The van der Waals surface area contributed by atoms with Crippen molar-refractivity contribution in [3.05, 3.63) is 28.2 Å². The summed E-state index contributed by atoms with van der Waals surface area (Å²) in [6, 6.07) is 5.02. The number of rotatable bonds is 3. The van der Waals surface area contributed by atoms with E-state index in [2.05, 4.69) is 5.16 Å². The third kappa shape index (κ3) is 2.98. The molecule has 2 aromatic heterocycles. The highest BCUT2D eigenvalue weighted by Crippen LogP contribution is 2.31. The third-order valence-corrected chi connectivity index (χ3v) is 3.91. The maximum atomic E-state index is 10.8. The Balaban J connectivity index is 2.26. The molecule has 16 heavy (non-hydrogen) atoms. The molecule has 0 N–H and O–H groups in total. The Morgan fingerprint density at radius 3 is 2.75 bits per heavy atom. The van der Waals surface area contributed by atoms with Crippen LogP contribution in [0.25, 0.3) is 10.6 Å². The monoisotopic (exact) mass is 297 g/mol. The van der Waals surface area contributed by atoms with E-state index in [0.717, 1.165) is 4.88 Å². The van der Waals surface area contributed by atoms with Crippen molar-refractivity contribution in [1.82, 2.24) is 5.16 Å². The predicted octanol–water partition coefficient (Wildman–Crippen LogP) is 3.13. The van der Waals surface area contributed by atoms with Gasteiger partial charge in [0.2, 0.25) is 9.05 Å². The fraction of sp³-hybridized carbons (Fsp3) is 0.125. The van der Waals surface area contributed by atoms with Crippen LogP contribution in [0, 0.1) is 0 Å². The summed E-state index contributed by atoms with van der Waals surface area (Å²) in [6.07, 6.45) is 0. The van der Waals surface area contributed by atoms with Crippen molar-refractivity contribution in [2.75, 3.05) is 0 Å². The van der Waals surface area contributed by atoms with Crippen molar-refractivity contribution < 1.29 is 12.9 Å². The molecule has 0 aliphatic rings. The number of nitrogens with zero attached hydrogens (tertiary/aromatic N) is 1. The summed E-state index contributed by atoms with van der Waals surface area (Å²) in [5.74, 6) is 0.129. The zero-order valence-corrected chi connectivity index (χ0v) is 10.8. The molecule has 4 nitrogen and oxygen atoms in total. The largest absolute Gasteiger partial charge is 0.355 e. The Kier molecular flexibility index (Phi) is 3.25. The van der Waals surface area contributed by atoms with Gasteiger partial charge in [0.1, 0.15) is 11.4 Å². The molecule has 0 fully saturated rings. The topological polar surface area (TPSA) is 60.2 Å². The van der Waals surface area contributed by atoms with Gasteiger partial charge >= 0.3 is 0 Å². The van der Waals surface area contributed by atoms with Crippen molar-refractivity contribution in [3.63, 3.8) is 0 Å². The lowest BCUT2D eigenvalue weighted by atomic mass is 10.3. The van der Waals surface area contributed by atoms with Crippen LogP contribution < -0.4 is 0 Å². The SMILES string of the molecule is O=S(=O)(Cl)Cc1cc(-c2ccc(Cl)s2)on1. The molecule has 0 bridgehead atoms. The highest BCUT2D eigenvalue weighted by Gasteiger charge is 2.14. The molecular formula is C8H5Cl2NO3S2. The zero-order valence-electron chi connectivity index (χ0n) is 7.68. The van der Waals surface area contributed by atoms with Gasteiger partial charge in [-0.3, -0.25) is 0 Å². The fourth-order valence-electron chi connectivity index (χ4n) is 1.12. The average Bonchev–Trinajstić information content (AvgIpc) is 2.71. The van der Waals surface area contributed by atoms with E-state index >= 15 is 0 Å². The Morgan fingerprint density at radius 2 is 2.19 bits per heavy atom. The lowest BCUT2D eigenvalue weighted by Crippen LogP contribution is -1.94. The Labute approximate surface area is 105 Å². The Hall–Kier alpha value is -0.560. The van der Waals surface area contributed by atoms with Gasteiger partial charge in [-0.15, -0.1) is 11.3 Å². The Morgan fingerprint density at radius 1 is 1.44 bits per heavy atom. The van der Waals surface area contributed by atoms with Crippen molar-refractivity contribution in [1.29, 1.82) is 0 Å². The lowest BCUT2D eigenvalue weighted by Gasteiger charge is -1.86. The van der Waals surface area contributed by atoms with Crippen LogP contribution in [0.1, 0.15) is 5.69 Å². The quantitative estimate of drug-likeness (QED) is 0.817. The van der Waals surface area contributed by atoms with Crippen molar-refractivity contribution in [3.8, 4) is 10.6 Å². The van der Waals surface area contributed by atoms with Crippen LogP contribution in [0.4, 0.5) is 0 Å². The summed E-state index contributed by atoms with van der Waals surface area (Å²) < 4.78 is 27.2. The molecule has 0 atom stereocenters. The second kappa shape index (κ2) is 4.37. The number of hydrogen-bond donors (Lipinski definition) is 0. The maximum absolute atomic E-state index is 10.8.